The van der Waals surface area contributed by atoms with Crippen LogP contribution in [0.2, 0.25) is 5.02 Å². The lowest BCUT2D eigenvalue weighted by molar-refractivity contribution is 0.0260. The first-order chi connectivity index (χ1) is 7.57. The van der Waals surface area contributed by atoms with Crippen LogP contribution in [0.25, 0.3) is 0 Å². The molecule has 3 heteroatoms. The van der Waals surface area contributed by atoms with Gasteiger partial charge < -0.3 is 10.1 Å². The van der Waals surface area contributed by atoms with Gasteiger partial charge in [-0.05, 0) is 17.7 Å². The van der Waals surface area contributed by atoms with Crippen LogP contribution < -0.4 is 5.32 Å². The Morgan fingerprint density at radius 1 is 1.44 bits per heavy atom. The van der Waals surface area contributed by atoms with E-state index in [2.05, 4.69) is 25.2 Å². The van der Waals surface area contributed by atoms with E-state index in [4.69, 9.17) is 16.3 Å². The van der Waals surface area contributed by atoms with Gasteiger partial charge in [0, 0.05) is 23.5 Å². The molecule has 88 valence electrons. The minimum Gasteiger partial charge on any atom is -0.372 e. The van der Waals surface area contributed by atoms with Crippen LogP contribution in [-0.4, -0.2) is 19.7 Å². The molecule has 0 radical (unpaired) electrons. The largest absolute Gasteiger partial charge is 0.372 e. The standard InChI is InChI=1S/C13H18ClNO/c1-13(2)8-15-7-12(16-9-13)10-4-3-5-11(14)6-10/h3-6,12,15H,7-9H2,1-2H3. The van der Waals surface area contributed by atoms with E-state index in [-0.39, 0.29) is 11.5 Å². The summed E-state index contributed by atoms with van der Waals surface area (Å²) in [5, 5.41) is 4.21. The average molecular weight is 240 g/mol. The third-order valence-corrected chi connectivity index (χ3v) is 3.06. The molecule has 0 bridgehead atoms. The molecule has 0 spiro atoms. The molecule has 1 atom stereocenters. The second kappa shape index (κ2) is 4.74. The van der Waals surface area contributed by atoms with Gasteiger partial charge in [-0.25, -0.2) is 0 Å². The SMILES string of the molecule is CC1(C)CNCC(c2cccc(Cl)c2)OC1. The summed E-state index contributed by atoms with van der Waals surface area (Å²) in [4.78, 5) is 0. The molecule has 1 aliphatic rings. The Kier molecular flexibility index (Phi) is 3.53. The molecule has 2 nitrogen and oxygen atoms in total. The van der Waals surface area contributed by atoms with Gasteiger partial charge in [0.2, 0.25) is 0 Å². The second-order valence-electron chi connectivity index (χ2n) is 5.15. The van der Waals surface area contributed by atoms with Gasteiger partial charge in [0.05, 0.1) is 12.7 Å². The van der Waals surface area contributed by atoms with E-state index in [1.54, 1.807) is 0 Å². The topological polar surface area (TPSA) is 21.3 Å². The van der Waals surface area contributed by atoms with Crippen molar-refractivity contribution in [3.05, 3.63) is 34.9 Å². The average Bonchev–Trinajstić information content (AvgIpc) is 2.39. The monoisotopic (exact) mass is 239 g/mol. The van der Waals surface area contributed by atoms with Crippen molar-refractivity contribution < 1.29 is 4.74 Å². The highest BCUT2D eigenvalue weighted by Crippen LogP contribution is 2.26. The molecule has 1 aromatic carbocycles. The summed E-state index contributed by atoms with van der Waals surface area (Å²) in [6.45, 7) is 7.03. The van der Waals surface area contributed by atoms with Crippen molar-refractivity contribution >= 4 is 11.6 Å². The Labute approximate surface area is 102 Å². The molecule has 16 heavy (non-hydrogen) atoms. The zero-order valence-corrected chi connectivity index (χ0v) is 10.6. The van der Waals surface area contributed by atoms with Gasteiger partial charge in [0.15, 0.2) is 0 Å². The smallest absolute Gasteiger partial charge is 0.0949 e. The van der Waals surface area contributed by atoms with Crippen molar-refractivity contribution in [3.8, 4) is 0 Å². The maximum Gasteiger partial charge on any atom is 0.0949 e. The quantitative estimate of drug-likeness (QED) is 0.814. The molecule has 0 saturated carbocycles. The van der Waals surface area contributed by atoms with Crippen LogP contribution in [0, 0.1) is 5.41 Å². The van der Waals surface area contributed by atoms with E-state index in [1.165, 1.54) is 0 Å². The van der Waals surface area contributed by atoms with Gasteiger partial charge in [0.1, 0.15) is 0 Å². The number of rotatable bonds is 1. The lowest BCUT2D eigenvalue weighted by Crippen LogP contribution is -2.29. The summed E-state index contributed by atoms with van der Waals surface area (Å²) in [5.74, 6) is 0. The highest BCUT2D eigenvalue weighted by atomic mass is 35.5. The van der Waals surface area contributed by atoms with Crippen LogP contribution in [-0.2, 0) is 4.74 Å². The first-order valence-electron chi connectivity index (χ1n) is 5.65. The molecule has 1 aliphatic heterocycles. The van der Waals surface area contributed by atoms with Crippen LogP contribution >= 0.6 is 11.6 Å². The molecule has 1 aromatic rings. The van der Waals surface area contributed by atoms with Crippen molar-refractivity contribution in [1.82, 2.24) is 5.32 Å². The van der Waals surface area contributed by atoms with Crippen LogP contribution in [0.1, 0.15) is 25.5 Å². The Hall–Kier alpha value is -0.570. The fourth-order valence-electron chi connectivity index (χ4n) is 1.90. The first kappa shape index (κ1) is 11.9. The van der Waals surface area contributed by atoms with E-state index in [1.807, 2.05) is 18.2 Å². The highest BCUT2D eigenvalue weighted by molar-refractivity contribution is 6.30. The maximum atomic E-state index is 5.98. The van der Waals surface area contributed by atoms with Crippen molar-refractivity contribution in [1.29, 1.82) is 0 Å². The Bertz CT molecular complexity index is 365. The normalized spacial score (nSPS) is 25.1. The van der Waals surface area contributed by atoms with Gasteiger partial charge in [-0.2, -0.15) is 0 Å². The fourth-order valence-corrected chi connectivity index (χ4v) is 2.10. The molecule has 0 aromatic heterocycles. The van der Waals surface area contributed by atoms with Crippen molar-refractivity contribution in [2.24, 2.45) is 5.41 Å². The van der Waals surface area contributed by atoms with E-state index in [0.717, 1.165) is 30.3 Å². The van der Waals surface area contributed by atoms with Crippen molar-refractivity contribution in [2.75, 3.05) is 19.7 Å². The summed E-state index contributed by atoms with van der Waals surface area (Å²) in [6, 6.07) is 7.90. The fraction of sp³-hybridized carbons (Fsp3) is 0.538. The third kappa shape index (κ3) is 2.97. The minimum atomic E-state index is 0.112. The number of halogens is 1. The summed E-state index contributed by atoms with van der Waals surface area (Å²) < 4.78 is 5.94. The van der Waals surface area contributed by atoms with E-state index in [0.29, 0.717) is 0 Å². The van der Waals surface area contributed by atoms with Crippen LogP contribution in [0.4, 0.5) is 0 Å². The Balaban J connectivity index is 2.11. The maximum absolute atomic E-state index is 5.98. The molecular formula is C13H18ClNO. The van der Waals surface area contributed by atoms with Crippen LogP contribution in [0.5, 0.6) is 0 Å². The molecule has 1 N–H and O–H groups in total. The van der Waals surface area contributed by atoms with E-state index < -0.39 is 0 Å². The summed E-state index contributed by atoms with van der Waals surface area (Å²) in [5.41, 5.74) is 1.35. The summed E-state index contributed by atoms with van der Waals surface area (Å²) in [7, 11) is 0. The van der Waals surface area contributed by atoms with Crippen LogP contribution in [0.15, 0.2) is 24.3 Å². The van der Waals surface area contributed by atoms with E-state index >= 15 is 0 Å². The molecule has 0 amide bonds. The molecule has 1 fully saturated rings. The van der Waals surface area contributed by atoms with Gasteiger partial charge in [-0.1, -0.05) is 37.6 Å². The summed E-state index contributed by atoms with van der Waals surface area (Å²) in [6.07, 6.45) is 0.112. The first-order valence-corrected chi connectivity index (χ1v) is 6.02. The summed E-state index contributed by atoms with van der Waals surface area (Å²) >= 11 is 5.98. The second-order valence-corrected chi connectivity index (χ2v) is 5.59. The lowest BCUT2D eigenvalue weighted by Gasteiger charge is -2.21. The van der Waals surface area contributed by atoms with Crippen LogP contribution in [0.3, 0.4) is 0 Å². The van der Waals surface area contributed by atoms with Gasteiger partial charge in [-0.3, -0.25) is 0 Å². The number of nitrogens with one attached hydrogen (secondary N) is 1. The predicted molar refractivity (Wildman–Crippen MR) is 66.8 cm³/mol. The van der Waals surface area contributed by atoms with Gasteiger partial charge >= 0.3 is 0 Å². The molecule has 1 heterocycles. The number of benzene rings is 1. The number of hydrogen-bond acceptors (Lipinski definition) is 2. The lowest BCUT2D eigenvalue weighted by atomic mass is 9.95. The van der Waals surface area contributed by atoms with E-state index in [9.17, 15) is 0 Å². The van der Waals surface area contributed by atoms with Crippen molar-refractivity contribution in [3.63, 3.8) is 0 Å². The Morgan fingerprint density at radius 3 is 3.00 bits per heavy atom. The Morgan fingerprint density at radius 2 is 2.25 bits per heavy atom. The van der Waals surface area contributed by atoms with Gasteiger partial charge in [0.25, 0.3) is 0 Å². The molecule has 2 rings (SSSR count). The molecule has 1 unspecified atom stereocenters. The molecular weight excluding hydrogens is 222 g/mol. The zero-order chi connectivity index (χ0) is 11.6. The van der Waals surface area contributed by atoms with Gasteiger partial charge in [-0.15, -0.1) is 0 Å². The minimum absolute atomic E-state index is 0.112. The molecule has 1 saturated heterocycles. The molecule has 0 aliphatic carbocycles. The predicted octanol–water partition coefficient (Wildman–Crippen LogP) is 3.03. The number of ether oxygens (including phenoxy) is 1. The highest BCUT2D eigenvalue weighted by Gasteiger charge is 2.25. The third-order valence-electron chi connectivity index (χ3n) is 2.83. The zero-order valence-electron chi connectivity index (χ0n) is 9.79. The number of hydrogen-bond donors (Lipinski definition) is 1. The van der Waals surface area contributed by atoms with Crippen molar-refractivity contribution in [2.45, 2.75) is 20.0 Å².